The third kappa shape index (κ3) is 1.39. The largest absolute Gasteiger partial charge is 0.256 e. The number of aromatic nitrogens is 2. The van der Waals surface area contributed by atoms with Gasteiger partial charge in [0.2, 0.25) is 0 Å². The molecule has 3 rings (SSSR count). The normalized spacial score (nSPS) is 11.0. The van der Waals surface area contributed by atoms with Crippen LogP contribution in [-0.4, -0.2) is 9.97 Å². The Labute approximate surface area is 95.1 Å². The van der Waals surface area contributed by atoms with Crippen molar-refractivity contribution in [2.45, 2.75) is 0 Å². The van der Waals surface area contributed by atoms with E-state index >= 15 is 0 Å². The second kappa shape index (κ2) is 3.28. The number of benzene rings is 1. The summed E-state index contributed by atoms with van der Waals surface area (Å²) in [6.07, 6.45) is 1.81. The summed E-state index contributed by atoms with van der Waals surface area (Å²) in [5.74, 6) is 0. The van der Waals surface area contributed by atoms with E-state index in [2.05, 4.69) is 38.0 Å². The lowest BCUT2D eigenvalue weighted by Crippen LogP contribution is -1.83. The molecule has 2 aromatic heterocycles. The predicted molar refractivity (Wildman–Crippen MR) is 64.7 cm³/mol. The van der Waals surface area contributed by atoms with Crippen LogP contribution in [0.5, 0.6) is 0 Å². The van der Waals surface area contributed by atoms with Gasteiger partial charge in [0, 0.05) is 17.0 Å². The van der Waals surface area contributed by atoms with Crippen LogP contribution in [0, 0.1) is 0 Å². The zero-order valence-corrected chi connectivity index (χ0v) is 9.40. The van der Waals surface area contributed by atoms with Gasteiger partial charge in [0.05, 0.1) is 11.0 Å². The Kier molecular flexibility index (Phi) is 1.92. The summed E-state index contributed by atoms with van der Waals surface area (Å²) in [6, 6.07) is 12.0. The van der Waals surface area contributed by atoms with Crippen LogP contribution in [0.2, 0.25) is 0 Å². The van der Waals surface area contributed by atoms with Crippen molar-refractivity contribution in [3.05, 3.63) is 47.2 Å². The Morgan fingerprint density at radius 1 is 0.867 bits per heavy atom. The van der Waals surface area contributed by atoms with Crippen molar-refractivity contribution >= 4 is 37.7 Å². The fourth-order valence-corrected chi connectivity index (χ4v) is 2.06. The standard InChI is InChI=1S/C12H7BrN2/c13-12-6-3-9-8-2-1-7-14-10(8)4-5-11(9)15-12/h1-7H. The number of hydrogen-bond donors (Lipinski definition) is 0. The first kappa shape index (κ1) is 8.80. The van der Waals surface area contributed by atoms with E-state index in [1.807, 2.05) is 24.3 Å². The van der Waals surface area contributed by atoms with Gasteiger partial charge in [0.1, 0.15) is 4.60 Å². The van der Waals surface area contributed by atoms with Gasteiger partial charge in [-0.2, -0.15) is 0 Å². The molecular formula is C12H7BrN2. The van der Waals surface area contributed by atoms with Gasteiger partial charge < -0.3 is 0 Å². The number of nitrogens with zero attached hydrogens (tertiary/aromatic N) is 2. The summed E-state index contributed by atoms with van der Waals surface area (Å²) in [4.78, 5) is 8.73. The Balaban J connectivity index is 2.55. The highest BCUT2D eigenvalue weighted by Crippen LogP contribution is 2.23. The van der Waals surface area contributed by atoms with Crippen molar-refractivity contribution < 1.29 is 0 Å². The highest BCUT2D eigenvalue weighted by molar-refractivity contribution is 9.10. The molecule has 1 aromatic carbocycles. The van der Waals surface area contributed by atoms with Crippen molar-refractivity contribution in [1.82, 2.24) is 9.97 Å². The molecule has 0 fully saturated rings. The van der Waals surface area contributed by atoms with Crippen LogP contribution in [-0.2, 0) is 0 Å². The summed E-state index contributed by atoms with van der Waals surface area (Å²) in [5, 5.41) is 2.29. The summed E-state index contributed by atoms with van der Waals surface area (Å²) in [7, 11) is 0. The van der Waals surface area contributed by atoms with E-state index < -0.39 is 0 Å². The number of fused-ring (bicyclic) bond motifs is 3. The summed E-state index contributed by atoms with van der Waals surface area (Å²) in [6.45, 7) is 0. The van der Waals surface area contributed by atoms with Crippen molar-refractivity contribution in [3.63, 3.8) is 0 Å². The Bertz CT molecular complexity index is 649. The molecular weight excluding hydrogens is 252 g/mol. The molecule has 0 saturated heterocycles. The number of halogens is 1. The second-order valence-electron chi connectivity index (χ2n) is 3.34. The SMILES string of the molecule is Brc1ccc2c(ccc3ncccc32)n1. The number of pyridine rings is 2. The van der Waals surface area contributed by atoms with Crippen molar-refractivity contribution in [2.75, 3.05) is 0 Å². The molecule has 0 atom stereocenters. The Morgan fingerprint density at radius 3 is 2.60 bits per heavy atom. The summed E-state index contributed by atoms with van der Waals surface area (Å²) >= 11 is 3.37. The first-order valence-corrected chi connectivity index (χ1v) is 5.44. The second-order valence-corrected chi connectivity index (χ2v) is 4.15. The molecule has 2 nitrogen and oxygen atoms in total. The molecule has 0 spiro atoms. The Morgan fingerprint density at radius 2 is 1.67 bits per heavy atom. The van der Waals surface area contributed by atoms with Gasteiger partial charge in [-0.15, -0.1) is 0 Å². The van der Waals surface area contributed by atoms with E-state index in [1.54, 1.807) is 6.20 Å². The quantitative estimate of drug-likeness (QED) is 0.455. The Hall–Kier alpha value is -1.48. The van der Waals surface area contributed by atoms with Crippen LogP contribution >= 0.6 is 15.9 Å². The van der Waals surface area contributed by atoms with E-state index in [-0.39, 0.29) is 0 Å². The highest BCUT2D eigenvalue weighted by atomic mass is 79.9. The lowest BCUT2D eigenvalue weighted by Gasteiger charge is -2.02. The molecule has 3 heteroatoms. The molecule has 0 bridgehead atoms. The van der Waals surface area contributed by atoms with Gasteiger partial charge in [-0.05, 0) is 46.3 Å². The molecule has 0 radical (unpaired) electrons. The third-order valence-electron chi connectivity index (χ3n) is 2.42. The fourth-order valence-electron chi connectivity index (χ4n) is 1.74. The van der Waals surface area contributed by atoms with Gasteiger partial charge >= 0.3 is 0 Å². The van der Waals surface area contributed by atoms with Crippen LogP contribution in [0.4, 0.5) is 0 Å². The smallest absolute Gasteiger partial charge is 0.106 e. The minimum absolute atomic E-state index is 0.859. The van der Waals surface area contributed by atoms with E-state index in [0.717, 1.165) is 26.4 Å². The van der Waals surface area contributed by atoms with Crippen LogP contribution in [0.3, 0.4) is 0 Å². The predicted octanol–water partition coefficient (Wildman–Crippen LogP) is 3.55. The zero-order valence-electron chi connectivity index (χ0n) is 7.81. The molecule has 0 amide bonds. The average Bonchev–Trinajstić information content (AvgIpc) is 2.28. The maximum absolute atomic E-state index is 4.41. The molecule has 0 aliphatic carbocycles. The van der Waals surface area contributed by atoms with Gasteiger partial charge in [-0.1, -0.05) is 6.07 Å². The highest BCUT2D eigenvalue weighted by Gasteiger charge is 2.01. The molecule has 0 N–H and O–H groups in total. The van der Waals surface area contributed by atoms with Crippen LogP contribution in [0.15, 0.2) is 47.2 Å². The van der Waals surface area contributed by atoms with E-state index in [4.69, 9.17) is 0 Å². The van der Waals surface area contributed by atoms with Gasteiger partial charge in [-0.25, -0.2) is 4.98 Å². The lowest BCUT2D eigenvalue weighted by atomic mass is 10.1. The minimum atomic E-state index is 0.859. The molecule has 0 aliphatic heterocycles. The van der Waals surface area contributed by atoms with Crippen LogP contribution in [0.1, 0.15) is 0 Å². The van der Waals surface area contributed by atoms with Crippen LogP contribution in [0.25, 0.3) is 21.8 Å². The zero-order chi connectivity index (χ0) is 10.3. The van der Waals surface area contributed by atoms with Crippen LogP contribution < -0.4 is 0 Å². The maximum atomic E-state index is 4.41. The van der Waals surface area contributed by atoms with Gasteiger partial charge in [0.25, 0.3) is 0 Å². The van der Waals surface area contributed by atoms with E-state index in [9.17, 15) is 0 Å². The van der Waals surface area contributed by atoms with Crippen molar-refractivity contribution in [2.24, 2.45) is 0 Å². The molecule has 3 aromatic rings. The van der Waals surface area contributed by atoms with Crippen molar-refractivity contribution in [1.29, 1.82) is 0 Å². The topological polar surface area (TPSA) is 25.8 Å². The average molecular weight is 259 g/mol. The molecule has 15 heavy (non-hydrogen) atoms. The first-order chi connectivity index (χ1) is 7.34. The fraction of sp³-hybridized carbons (Fsp3) is 0. The van der Waals surface area contributed by atoms with E-state index in [1.165, 1.54) is 0 Å². The van der Waals surface area contributed by atoms with Gasteiger partial charge in [0.15, 0.2) is 0 Å². The minimum Gasteiger partial charge on any atom is -0.256 e. The lowest BCUT2D eigenvalue weighted by molar-refractivity contribution is 1.35. The molecule has 0 unspecified atom stereocenters. The van der Waals surface area contributed by atoms with Crippen molar-refractivity contribution in [3.8, 4) is 0 Å². The maximum Gasteiger partial charge on any atom is 0.106 e. The molecule has 2 heterocycles. The summed E-state index contributed by atoms with van der Waals surface area (Å²) < 4.78 is 0.859. The summed E-state index contributed by atoms with van der Waals surface area (Å²) in [5.41, 5.74) is 2.00. The molecule has 0 saturated carbocycles. The molecule has 72 valence electrons. The van der Waals surface area contributed by atoms with Gasteiger partial charge in [-0.3, -0.25) is 4.98 Å². The number of hydrogen-bond acceptors (Lipinski definition) is 2. The third-order valence-corrected chi connectivity index (χ3v) is 2.86. The first-order valence-electron chi connectivity index (χ1n) is 4.64. The monoisotopic (exact) mass is 258 g/mol. The van der Waals surface area contributed by atoms with E-state index in [0.29, 0.717) is 0 Å². The number of rotatable bonds is 0. The molecule has 0 aliphatic rings.